The first kappa shape index (κ1) is 11.9. The van der Waals surface area contributed by atoms with Crippen molar-refractivity contribution in [3.05, 3.63) is 41.1 Å². The third-order valence-electron chi connectivity index (χ3n) is 3.36. The van der Waals surface area contributed by atoms with Gasteiger partial charge in [0.1, 0.15) is 5.82 Å². The molecule has 0 radical (unpaired) electrons. The number of aryl methyl sites for hydroxylation is 1. The second-order valence-corrected chi connectivity index (χ2v) is 4.72. The van der Waals surface area contributed by atoms with Gasteiger partial charge in [-0.15, -0.1) is 0 Å². The van der Waals surface area contributed by atoms with Crippen molar-refractivity contribution in [1.29, 1.82) is 0 Å². The van der Waals surface area contributed by atoms with E-state index in [4.69, 9.17) is 5.73 Å². The van der Waals surface area contributed by atoms with Crippen LogP contribution in [0.3, 0.4) is 0 Å². The molecule has 5 heteroatoms. The Kier molecular flexibility index (Phi) is 3.05. The maximum Gasteiger partial charge on any atom is 0.229 e. The van der Waals surface area contributed by atoms with Gasteiger partial charge in [0.05, 0.1) is 5.69 Å². The van der Waals surface area contributed by atoms with Gasteiger partial charge >= 0.3 is 0 Å². The minimum Gasteiger partial charge on any atom is -0.383 e. The molecule has 0 bridgehead atoms. The molecule has 0 fully saturated rings. The SMILES string of the molecule is Cc1ccccc1Nc1nc(N)c2c(n1)CNCC2. The van der Waals surface area contributed by atoms with Crippen molar-refractivity contribution in [2.45, 2.75) is 19.9 Å². The number of aromatic nitrogens is 2. The smallest absolute Gasteiger partial charge is 0.229 e. The number of nitrogen functional groups attached to an aromatic ring is 1. The number of rotatable bonds is 2. The van der Waals surface area contributed by atoms with Gasteiger partial charge in [0.2, 0.25) is 5.95 Å². The van der Waals surface area contributed by atoms with Crippen molar-refractivity contribution >= 4 is 17.5 Å². The molecular formula is C14H17N5. The maximum absolute atomic E-state index is 6.01. The molecule has 4 N–H and O–H groups in total. The number of benzene rings is 1. The number of fused-ring (bicyclic) bond motifs is 1. The highest BCUT2D eigenvalue weighted by atomic mass is 15.1. The fourth-order valence-corrected chi connectivity index (χ4v) is 2.28. The highest BCUT2D eigenvalue weighted by molar-refractivity contribution is 5.60. The molecule has 5 nitrogen and oxygen atoms in total. The molecule has 0 unspecified atom stereocenters. The molecule has 0 saturated heterocycles. The van der Waals surface area contributed by atoms with E-state index in [1.807, 2.05) is 31.2 Å². The number of hydrogen-bond donors (Lipinski definition) is 3. The lowest BCUT2D eigenvalue weighted by atomic mass is 10.1. The van der Waals surface area contributed by atoms with Crippen LogP contribution in [0.15, 0.2) is 24.3 Å². The van der Waals surface area contributed by atoms with Gasteiger partial charge in [0.25, 0.3) is 0 Å². The van der Waals surface area contributed by atoms with Gasteiger partial charge in [-0.1, -0.05) is 18.2 Å². The molecule has 19 heavy (non-hydrogen) atoms. The Bertz CT molecular complexity index is 609. The first-order chi connectivity index (χ1) is 9.24. The molecule has 0 saturated carbocycles. The van der Waals surface area contributed by atoms with Crippen molar-refractivity contribution < 1.29 is 0 Å². The summed E-state index contributed by atoms with van der Waals surface area (Å²) in [6.07, 6.45) is 0.895. The summed E-state index contributed by atoms with van der Waals surface area (Å²) in [6.45, 7) is 3.74. The van der Waals surface area contributed by atoms with Gasteiger partial charge in [-0.3, -0.25) is 0 Å². The highest BCUT2D eigenvalue weighted by Crippen LogP contribution is 2.22. The average molecular weight is 255 g/mol. The van der Waals surface area contributed by atoms with E-state index in [2.05, 4.69) is 20.6 Å². The van der Waals surface area contributed by atoms with Gasteiger partial charge in [-0.05, 0) is 31.5 Å². The zero-order valence-corrected chi connectivity index (χ0v) is 10.9. The Hall–Kier alpha value is -2.14. The second-order valence-electron chi connectivity index (χ2n) is 4.72. The molecule has 0 amide bonds. The van der Waals surface area contributed by atoms with Crippen LogP contribution in [-0.4, -0.2) is 16.5 Å². The molecule has 2 heterocycles. The average Bonchev–Trinajstić information content (AvgIpc) is 2.42. The first-order valence-electron chi connectivity index (χ1n) is 6.42. The van der Waals surface area contributed by atoms with Crippen molar-refractivity contribution in [3.8, 4) is 0 Å². The monoisotopic (exact) mass is 255 g/mol. The maximum atomic E-state index is 6.01. The summed E-state index contributed by atoms with van der Waals surface area (Å²) < 4.78 is 0. The van der Waals surface area contributed by atoms with Crippen LogP contribution in [0, 0.1) is 6.92 Å². The van der Waals surface area contributed by atoms with E-state index < -0.39 is 0 Å². The Balaban J connectivity index is 1.94. The number of nitrogens with one attached hydrogen (secondary N) is 2. The molecule has 3 rings (SSSR count). The first-order valence-corrected chi connectivity index (χ1v) is 6.42. The molecule has 0 aliphatic carbocycles. The minimum atomic E-state index is 0.564. The Morgan fingerprint density at radius 3 is 2.95 bits per heavy atom. The zero-order valence-electron chi connectivity index (χ0n) is 10.9. The number of nitrogens with two attached hydrogens (primary N) is 1. The molecule has 1 aromatic heterocycles. The Morgan fingerprint density at radius 1 is 1.26 bits per heavy atom. The molecule has 98 valence electrons. The van der Waals surface area contributed by atoms with Crippen molar-refractivity contribution in [2.24, 2.45) is 0 Å². The molecule has 1 aliphatic rings. The lowest BCUT2D eigenvalue weighted by molar-refractivity contribution is 0.626. The Labute approximate surface area is 112 Å². The summed E-state index contributed by atoms with van der Waals surface area (Å²) in [7, 11) is 0. The fourth-order valence-electron chi connectivity index (χ4n) is 2.28. The van der Waals surface area contributed by atoms with Gasteiger partial charge in [0.15, 0.2) is 0 Å². The molecule has 2 aromatic rings. The highest BCUT2D eigenvalue weighted by Gasteiger charge is 2.15. The lowest BCUT2D eigenvalue weighted by Gasteiger charge is -2.18. The van der Waals surface area contributed by atoms with Crippen LogP contribution in [0.25, 0.3) is 0 Å². The number of hydrogen-bond acceptors (Lipinski definition) is 5. The van der Waals surface area contributed by atoms with Crippen molar-refractivity contribution in [2.75, 3.05) is 17.6 Å². The van der Waals surface area contributed by atoms with Crippen LogP contribution in [0.5, 0.6) is 0 Å². The van der Waals surface area contributed by atoms with Crippen molar-refractivity contribution in [3.63, 3.8) is 0 Å². The largest absolute Gasteiger partial charge is 0.383 e. The number of anilines is 3. The minimum absolute atomic E-state index is 0.564. The lowest BCUT2D eigenvalue weighted by Crippen LogP contribution is -2.26. The van der Waals surface area contributed by atoms with Gasteiger partial charge in [0, 0.05) is 17.8 Å². The van der Waals surface area contributed by atoms with Crippen LogP contribution >= 0.6 is 0 Å². The van der Waals surface area contributed by atoms with Crippen LogP contribution in [0.4, 0.5) is 17.5 Å². The van der Waals surface area contributed by atoms with E-state index >= 15 is 0 Å². The zero-order chi connectivity index (χ0) is 13.2. The topological polar surface area (TPSA) is 75.9 Å². The molecular weight excluding hydrogens is 238 g/mol. The predicted molar refractivity (Wildman–Crippen MR) is 76.3 cm³/mol. The normalized spacial score (nSPS) is 13.9. The van der Waals surface area contributed by atoms with E-state index in [9.17, 15) is 0 Å². The molecule has 0 atom stereocenters. The van der Waals surface area contributed by atoms with Crippen LogP contribution in [-0.2, 0) is 13.0 Å². The van der Waals surface area contributed by atoms with Crippen LogP contribution < -0.4 is 16.4 Å². The van der Waals surface area contributed by atoms with Crippen LogP contribution in [0.1, 0.15) is 16.8 Å². The number of nitrogens with zero attached hydrogens (tertiary/aromatic N) is 2. The van der Waals surface area contributed by atoms with E-state index in [0.29, 0.717) is 11.8 Å². The molecule has 1 aliphatic heterocycles. The van der Waals surface area contributed by atoms with E-state index in [0.717, 1.165) is 42.0 Å². The standard InChI is InChI=1S/C14H17N5/c1-9-4-2-3-5-11(9)17-14-18-12-8-16-7-6-10(12)13(15)19-14/h2-5,16H,6-8H2,1H3,(H3,15,17,18,19). The summed E-state index contributed by atoms with van der Waals surface area (Å²) in [4.78, 5) is 8.90. The van der Waals surface area contributed by atoms with Crippen LogP contribution in [0.2, 0.25) is 0 Å². The fraction of sp³-hybridized carbons (Fsp3) is 0.286. The summed E-state index contributed by atoms with van der Waals surface area (Å²) >= 11 is 0. The predicted octanol–water partition coefficient (Wildman–Crippen LogP) is 1.76. The van der Waals surface area contributed by atoms with Gasteiger partial charge < -0.3 is 16.4 Å². The van der Waals surface area contributed by atoms with E-state index in [-0.39, 0.29) is 0 Å². The molecule has 0 spiro atoms. The van der Waals surface area contributed by atoms with E-state index in [1.165, 1.54) is 0 Å². The number of para-hydroxylation sites is 1. The third-order valence-corrected chi connectivity index (χ3v) is 3.36. The van der Waals surface area contributed by atoms with Gasteiger partial charge in [-0.2, -0.15) is 4.98 Å². The van der Waals surface area contributed by atoms with E-state index in [1.54, 1.807) is 0 Å². The summed E-state index contributed by atoms with van der Waals surface area (Å²) in [5.74, 6) is 1.15. The van der Waals surface area contributed by atoms with Gasteiger partial charge in [-0.25, -0.2) is 4.98 Å². The third kappa shape index (κ3) is 2.37. The molecule has 1 aromatic carbocycles. The summed E-state index contributed by atoms with van der Waals surface area (Å²) in [5, 5.41) is 6.53. The second kappa shape index (κ2) is 4.85. The van der Waals surface area contributed by atoms with Crippen molar-refractivity contribution in [1.82, 2.24) is 15.3 Å². The summed E-state index contributed by atoms with van der Waals surface area (Å²) in [6, 6.07) is 8.05. The summed E-state index contributed by atoms with van der Waals surface area (Å²) in [5.41, 5.74) is 10.2. The Morgan fingerprint density at radius 2 is 2.11 bits per heavy atom. The quantitative estimate of drug-likeness (QED) is 0.762.